The monoisotopic (exact) mass is 398 g/mol. The van der Waals surface area contributed by atoms with Crippen LogP contribution in [0, 0.1) is 5.82 Å². The molecule has 0 fully saturated rings. The second kappa shape index (κ2) is 7.31. The number of fused-ring (bicyclic) bond motifs is 1. The van der Waals surface area contributed by atoms with Gasteiger partial charge in [0, 0.05) is 31.5 Å². The summed E-state index contributed by atoms with van der Waals surface area (Å²) in [6, 6.07) is 9.04. The van der Waals surface area contributed by atoms with Crippen LogP contribution in [0.1, 0.15) is 16.2 Å². The molecule has 0 aliphatic heterocycles. The number of carbonyl (C=O) groups is 1. The minimum Gasteiger partial charge on any atom is -0.350 e. The Morgan fingerprint density at radius 2 is 2.04 bits per heavy atom. The van der Waals surface area contributed by atoms with Crippen LogP contribution < -0.4 is 10.9 Å². The van der Waals surface area contributed by atoms with E-state index in [0.717, 1.165) is 10.4 Å². The van der Waals surface area contributed by atoms with Crippen molar-refractivity contribution in [2.75, 3.05) is 6.54 Å². The number of hydrogen-bond donors (Lipinski definition) is 1. The number of nitrogens with one attached hydrogen (secondary N) is 1. The van der Waals surface area contributed by atoms with E-state index in [1.807, 2.05) is 5.38 Å². The molecule has 28 heavy (non-hydrogen) atoms. The summed E-state index contributed by atoms with van der Waals surface area (Å²) >= 11 is 1.40. The van der Waals surface area contributed by atoms with Gasteiger partial charge in [0.1, 0.15) is 11.5 Å². The predicted octanol–water partition coefficient (Wildman–Crippen LogP) is 1.66. The van der Waals surface area contributed by atoms with E-state index < -0.39 is 0 Å². The van der Waals surface area contributed by atoms with Crippen molar-refractivity contribution in [1.29, 1.82) is 0 Å². The van der Waals surface area contributed by atoms with Gasteiger partial charge in [-0.15, -0.1) is 16.4 Å². The molecule has 0 spiro atoms. The van der Waals surface area contributed by atoms with Gasteiger partial charge in [-0.05, 0) is 18.2 Å². The van der Waals surface area contributed by atoms with Gasteiger partial charge in [0.15, 0.2) is 5.82 Å². The van der Waals surface area contributed by atoms with Gasteiger partial charge in [-0.25, -0.2) is 13.6 Å². The molecule has 0 bridgehead atoms. The third-order valence-electron chi connectivity index (χ3n) is 4.12. The Labute approximate surface area is 162 Å². The lowest BCUT2D eigenvalue weighted by Gasteiger charge is -2.05. The smallest absolute Gasteiger partial charge is 0.271 e. The van der Waals surface area contributed by atoms with Crippen molar-refractivity contribution in [1.82, 2.24) is 29.7 Å². The van der Waals surface area contributed by atoms with E-state index in [1.165, 1.54) is 36.6 Å². The fraction of sp³-hybridized carbons (Fsp3) is 0.167. The quantitative estimate of drug-likeness (QED) is 0.552. The first-order valence-electron chi connectivity index (χ1n) is 8.43. The molecule has 0 unspecified atom stereocenters. The molecule has 0 saturated carbocycles. The van der Waals surface area contributed by atoms with E-state index >= 15 is 0 Å². The van der Waals surface area contributed by atoms with Crippen molar-refractivity contribution in [2.45, 2.75) is 6.42 Å². The van der Waals surface area contributed by atoms with Crippen molar-refractivity contribution in [3.63, 3.8) is 0 Å². The molecule has 1 N–H and O–H groups in total. The third-order valence-corrected chi connectivity index (χ3v) is 4.99. The van der Waals surface area contributed by atoms with Gasteiger partial charge in [-0.1, -0.05) is 12.1 Å². The Kier molecular flexibility index (Phi) is 4.70. The van der Waals surface area contributed by atoms with Crippen molar-refractivity contribution >= 4 is 22.2 Å². The van der Waals surface area contributed by atoms with Crippen LogP contribution in [0.4, 0.5) is 4.39 Å². The number of thiazole rings is 1. The highest BCUT2D eigenvalue weighted by atomic mass is 32.1. The minimum atomic E-state index is -0.376. The van der Waals surface area contributed by atoms with Crippen LogP contribution in [0.2, 0.25) is 0 Å². The molecular formula is C18H15FN6O2S. The Balaban J connectivity index is 1.46. The summed E-state index contributed by atoms with van der Waals surface area (Å²) in [6.45, 7) is 0.351. The average Bonchev–Trinajstić information content (AvgIpc) is 3.26. The van der Waals surface area contributed by atoms with E-state index in [4.69, 9.17) is 0 Å². The van der Waals surface area contributed by atoms with Gasteiger partial charge in [0.2, 0.25) is 4.96 Å². The highest BCUT2D eigenvalue weighted by molar-refractivity contribution is 7.15. The molecule has 142 valence electrons. The van der Waals surface area contributed by atoms with Crippen LogP contribution in [-0.4, -0.2) is 36.8 Å². The zero-order valence-corrected chi connectivity index (χ0v) is 15.6. The summed E-state index contributed by atoms with van der Waals surface area (Å²) < 4.78 is 16.7. The largest absolute Gasteiger partial charge is 0.350 e. The van der Waals surface area contributed by atoms with Gasteiger partial charge < -0.3 is 5.32 Å². The maximum atomic E-state index is 14.0. The second-order valence-electron chi connectivity index (χ2n) is 6.02. The number of carbonyl (C=O) groups excluding carboxylic acids is 1. The fourth-order valence-electron chi connectivity index (χ4n) is 2.67. The number of aromatic nitrogens is 5. The van der Waals surface area contributed by atoms with E-state index in [2.05, 4.69) is 20.5 Å². The van der Waals surface area contributed by atoms with Crippen LogP contribution in [0.3, 0.4) is 0 Å². The van der Waals surface area contributed by atoms with Crippen molar-refractivity contribution < 1.29 is 9.18 Å². The lowest BCUT2D eigenvalue weighted by Crippen LogP contribution is -2.29. The lowest BCUT2D eigenvalue weighted by molar-refractivity contribution is 0.0946. The number of amides is 1. The van der Waals surface area contributed by atoms with Crippen LogP contribution in [-0.2, 0) is 13.5 Å². The Hall–Kier alpha value is -3.40. The number of hydrogen-bond acceptors (Lipinski definition) is 6. The van der Waals surface area contributed by atoms with Crippen LogP contribution >= 0.6 is 11.3 Å². The van der Waals surface area contributed by atoms with Gasteiger partial charge in [0.25, 0.3) is 11.5 Å². The molecule has 10 heteroatoms. The van der Waals surface area contributed by atoms with Gasteiger partial charge in [0.05, 0.1) is 11.3 Å². The number of benzene rings is 1. The van der Waals surface area contributed by atoms with Crippen LogP contribution in [0.25, 0.3) is 16.3 Å². The Bertz CT molecular complexity index is 1230. The molecule has 0 saturated heterocycles. The number of nitrogens with zero attached hydrogens (tertiary/aromatic N) is 5. The molecule has 0 radical (unpaired) electrons. The molecule has 4 aromatic rings. The molecule has 8 nitrogen and oxygen atoms in total. The van der Waals surface area contributed by atoms with E-state index in [1.54, 1.807) is 22.7 Å². The van der Waals surface area contributed by atoms with E-state index in [0.29, 0.717) is 29.3 Å². The SMILES string of the molecule is Cn1nc(C(=O)NCCc2csc3nc(-c4ccccc4F)nn23)ccc1=O. The summed E-state index contributed by atoms with van der Waals surface area (Å²) in [7, 11) is 1.49. The number of halogens is 1. The maximum Gasteiger partial charge on any atom is 0.271 e. The summed E-state index contributed by atoms with van der Waals surface area (Å²) in [6.07, 6.45) is 0.511. The van der Waals surface area contributed by atoms with E-state index in [-0.39, 0.29) is 23.0 Å². The summed E-state index contributed by atoms with van der Waals surface area (Å²) in [5.41, 5.74) is 1.08. The van der Waals surface area contributed by atoms with Crippen molar-refractivity contribution in [3.8, 4) is 11.4 Å². The molecule has 3 heterocycles. The maximum absolute atomic E-state index is 14.0. The fourth-order valence-corrected chi connectivity index (χ4v) is 3.53. The molecule has 1 amide bonds. The molecule has 4 rings (SSSR count). The van der Waals surface area contributed by atoms with Gasteiger partial charge in [-0.3, -0.25) is 9.59 Å². The molecule has 0 aliphatic rings. The normalized spacial score (nSPS) is 11.1. The molecule has 0 atom stereocenters. The molecule has 3 aromatic heterocycles. The third kappa shape index (κ3) is 3.41. The predicted molar refractivity (Wildman–Crippen MR) is 102 cm³/mol. The topological polar surface area (TPSA) is 94.2 Å². The minimum absolute atomic E-state index is 0.167. The summed E-state index contributed by atoms with van der Waals surface area (Å²) in [5, 5.41) is 13.0. The Morgan fingerprint density at radius 1 is 1.21 bits per heavy atom. The zero-order valence-electron chi connectivity index (χ0n) is 14.8. The van der Waals surface area contributed by atoms with E-state index in [9.17, 15) is 14.0 Å². The second-order valence-corrected chi connectivity index (χ2v) is 6.86. The van der Waals surface area contributed by atoms with Crippen molar-refractivity contribution in [3.05, 3.63) is 69.3 Å². The lowest BCUT2D eigenvalue weighted by atomic mass is 10.2. The summed E-state index contributed by atoms with van der Waals surface area (Å²) in [4.78, 5) is 28.5. The number of aryl methyl sites for hydroxylation is 1. The number of rotatable bonds is 5. The first-order chi connectivity index (χ1) is 13.5. The molecule has 0 aliphatic carbocycles. The van der Waals surface area contributed by atoms with Crippen molar-refractivity contribution in [2.24, 2.45) is 7.05 Å². The first-order valence-corrected chi connectivity index (χ1v) is 9.31. The Morgan fingerprint density at radius 3 is 2.82 bits per heavy atom. The molecule has 1 aromatic carbocycles. The summed E-state index contributed by atoms with van der Waals surface area (Å²) in [5.74, 6) is -0.420. The van der Waals surface area contributed by atoms with Crippen LogP contribution in [0.5, 0.6) is 0 Å². The highest BCUT2D eigenvalue weighted by Crippen LogP contribution is 2.23. The highest BCUT2D eigenvalue weighted by Gasteiger charge is 2.14. The first kappa shape index (κ1) is 18.0. The molecular weight excluding hydrogens is 383 g/mol. The van der Waals surface area contributed by atoms with Crippen LogP contribution in [0.15, 0.2) is 46.6 Å². The standard InChI is InChI=1S/C18H15FN6O2S/c1-24-15(26)7-6-14(22-24)17(27)20-9-8-11-10-28-18-21-16(23-25(11)18)12-4-2-3-5-13(12)19/h2-7,10H,8-9H2,1H3,(H,20,27). The average molecular weight is 398 g/mol. The van der Waals surface area contributed by atoms with Gasteiger partial charge >= 0.3 is 0 Å². The van der Waals surface area contributed by atoms with Gasteiger partial charge in [-0.2, -0.15) is 10.1 Å². The zero-order chi connectivity index (χ0) is 19.7.